The van der Waals surface area contributed by atoms with Gasteiger partial charge in [0.25, 0.3) is 0 Å². The van der Waals surface area contributed by atoms with Crippen LogP contribution in [0.4, 0.5) is 0 Å². The lowest BCUT2D eigenvalue weighted by atomic mass is 9.94. The van der Waals surface area contributed by atoms with E-state index in [0.717, 1.165) is 11.1 Å². The minimum atomic E-state index is -0.264. The van der Waals surface area contributed by atoms with Crippen molar-refractivity contribution in [1.82, 2.24) is 4.98 Å². The fraction of sp³-hybridized carbons (Fsp3) is 0.0769. The van der Waals surface area contributed by atoms with Gasteiger partial charge in [-0.3, -0.25) is 4.98 Å². The molecule has 0 bridgehead atoms. The second kappa shape index (κ2) is 4.78. The number of hydrogen-bond donors (Lipinski definition) is 0. The average Bonchev–Trinajstić information content (AvgIpc) is 2.34. The topological polar surface area (TPSA) is 36.7 Å². The van der Waals surface area contributed by atoms with Crippen molar-refractivity contribution in [3.63, 3.8) is 0 Å². The summed E-state index contributed by atoms with van der Waals surface area (Å²) in [6, 6.07) is 13.3. The molecule has 0 saturated carbocycles. The fourth-order valence-corrected chi connectivity index (χ4v) is 1.68. The molecule has 3 heteroatoms. The summed E-state index contributed by atoms with van der Waals surface area (Å²) in [5.74, 6) is -0.264. The maximum atomic E-state index is 9.20. The van der Waals surface area contributed by atoms with Gasteiger partial charge in [0.1, 0.15) is 0 Å². The van der Waals surface area contributed by atoms with Crippen molar-refractivity contribution in [2.45, 2.75) is 5.92 Å². The van der Waals surface area contributed by atoms with Gasteiger partial charge in [-0.25, -0.2) is 0 Å². The Morgan fingerprint density at radius 2 is 1.56 bits per heavy atom. The summed E-state index contributed by atoms with van der Waals surface area (Å²) in [6.45, 7) is 0. The minimum Gasteiger partial charge on any atom is -0.265 e. The summed E-state index contributed by atoms with van der Waals surface area (Å²) in [7, 11) is 0. The van der Waals surface area contributed by atoms with Gasteiger partial charge in [-0.2, -0.15) is 5.26 Å². The summed E-state index contributed by atoms with van der Waals surface area (Å²) < 4.78 is 0. The highest BCUT2D eigenvalue weighted by molar-refractivity contribution is 6.30. The van der Waals surface area contributed by atoms with Crippen molar-refractivity contribution in [1.29, 1.82) is 5.26 Å². The Labute approximate surface area is 99.1 Å². The van der Waals surface area contributed by atoms with Crippen molar-refractivity contribution in [2.24, 2.45) is 0 Å². The molecule has 2 aromatic rings. The number of benzene rings is 1. The lowest BCUT2D eigenvalue weighted by Crippen LogP contribution is -1.97. The maximum absolute atomic E-state index is 9.20. The quantitative estimate of drug-likeness (QED) is 0.790. The Hall–Kier alpha value is -1.85. The molecule has 2 nitrogen and oxygen atoms in total. The third kappa shape index (κ3) is 2.21. The molecule has 0 amide bonds. The van der Waals surface area contributed by atoms with Gasteiger partial charge in [-0.1, -0.05) is 23.7 Å². The standard InChI is InChI=1S/C13H9ClN2/c14-12-3-1-10(2-4-12)13(9-15)11-5-7-16-8-6-11/h1-8,13H. The van der Waals surface area contributed by atoms with E-state index in [1.807, 2.05) is 24.3 Å². The van der Waals surface area contributed by atoms with Crippen LogP contribution in [0.5, 0.6) is 0 Å². The molecule has 0 saturated heterocycles. The zero-order chi connectivity index (χ0) is 11.4. The van der Waals surface area contributed by atoms with Crippen molar-refractivity contribution < 1.29 is 0 Å². The molecule has 0 aliphatic carbocycles. The summed E-state index contributed by atoms with van der Waals surface area (Å²) in [6.07, 6.45) is 3.38. The lowest BCUT2D eigenvalue weighted by Gasteiger charge is -2.09. The van der Waals surface area contributed by atoms with E-state index in [1.165, 1.54) is 0 Å². The molecule has 0 N–H and O–H groups in total. The van der Waals surface area contributed by atoms with Crippen LogP contribution in [0, 0.1) is 11.3 Å². The van der Waals surface area contributed by atoms with Crippen LogP contribution in [0.3, 0.4) is 0 Å². The van der Waals surface area contributed by atoms with Crippen LogP contribution in [0.15, 0.2) is 48.8 Å². The molecule has 0 aliphatic heterocycles. The van der Waals surface area contributed by atoms with E-state index < -0.39 is 0 Å². The molecule has 0 fully saturated rings. The van der Waals surface area contributed by atoms with E-state index in [4.69, 9.17) is 11.6 Å². The van der Waals surface area contributed by atoms with Crippen LogP contribution >= 0.6 is 11.6 Å². The van der Waals surface area contributed by atoms with Crippen LogP contribution in [0.1, 0.15) is 17.0 Å². The van der Waals surface area contributed by atoms with E-state index in [0.29, 0.717) is 5.02 Å². The first-order valence-corrected chi connectivity index (χ1v) is 5.24. The number of hydrogen-bond acceptors (Lipinski definition) is 2. The number of rotatable bonds is 2. The molecule has 78 valence electrons. The van der Waals surface area contributed by atoms with Gasteiger partial charge < -0.3 is 0 Å². The van der Waals surface area contributed by atoms with Crippen molar-refractivity contribution in [2.75, 3.05) is 0 Å². The van der Waals surface area contributed by atoms with Crippen LogP contribution in [0.25, 0.3) is 0 Å². The highest BCUT2D eigenvalue weighted by atomic mass is 35.5. The van der Waals surface area contributed by atoms with Gasteiger partial charge >= 0.3 is 0 Å². The third-order valence-corrected chi connectivity index (χ3v) is 2.62. The first-order chi connectivity index (χ1) is 7.81. The molecule has 1 atom stereocenters. The molecule has 0 aliphatic rings. The van der Waals surface area contributed by atoms with Gasteiger partial charge in [-0.15, -0.1) is 0 Å². The monoisotopic (exact) mass is 228 g/mol. The molecular weight excluding hydrogens is 220 g/mol. The number of halogens is 1. The van der Waals surface area contributed by atoms with E-state index in [1.54, 1.807) is 24.5 Å². The first kappa shape index (κ1) is 10.7. The van der Waals surface area contributed by atoms with E-state index >= 15 is 0 Å². The zero-order valence-electron chi connectivity index (χ0n) is 8.47. The van der Waals surface area contributed by atoms with Crippen LogP contribution in [-0.2, 0) is 0 Å². The Balaban J connectivity index is 2.38. The molecule has 2 rings (SSSR count). The van der Waals surface area contributed by atoms with Crippen molar-refractivity contribution in [3.05, 3.63) is 64.9 Å². The second-order valence-electron chi connectivity index (χ2n) is 3.39. The van der Waals surface area contributed by atoms with Crippen LogP contribution < -0.4 is 0 Å². The van der Waals surface area contributed by atoms with Crippen LogP contribution in [0.2, 0.25) is 5.02 Å². The van der Waals surface area contributed by atoms with Gasteiger partial charge in [0.05, 0.1) is 12.0 Å². The average molecular weight is 229 g/mol. The van der Waals surface area contributed by atoms with Gasteiger partial charge in [0.15, 0.2) is 0 Å². The fourth-order valence-electron chi connectivity index (χ4n) is 1.55. The molecule has 0 spiro atoms. The van der Waals surface area contributed by atoms with Gasteiger partial charge in [0, 0.05) is 17.4 Å². The largest absolute Gasteiger partial charge is 0.265 e. The summed E-state index contributed by atoms with van der Waals surface area (Å²) in [5.41, 5.74) is 1.89. The normalized spacial score (nSPS) is 11.8. The maximum Gasteiger partial charge on any atom is 0.0963 e. The molecule has 1 aromatic heterocycles. The predicted molar refractivity (Wildman–Crippen MR) is 63.1 cm³/mol. The molecule has 16 heavy (non-hydrogen) atoms. The molecule has 1 heterocycles. The third-order valence-electron chi connectivity index (χ3n) is 2.37. The summed E-state index contributed by atoms with van der Waals surface area (Å²) >= 11 is 5.81. The number of nitrogens with zero attached hydrogens (tertiary/aromatic N) is 2. The Kier molecular flexibility index (Phi) is 3.19. The van der Waals surface area contributed by atoms with Gasteiger partial charge in [-0.05, 0) is 35.4 Å². The highest BCUT2D eigenvalue weighted by Gasteiger charge is 2.12. The number of pyridine rings is 1. The van der Waals surface area contributed by atoms with E-state index in [-0.39, 0.29) is 5.92 Å². The highest BCUT2D eigenvalue weighted by Crippen LogP contribution is 2.24. The van der Waals surface area contributed by atoms with Crippen molar-refractivity contribution in [3.8, 4) is 6.07 Å². The molecular formula is C13H9ClN2. The number of aromatic nitrogens is 1. The first-order valence-electron chi connectivity index (χ1n) is 4.86. The minimum absolute atomic E-state index is 0.264. The SMILES string of the molecule is N#CC(c1ccncc1)c1ccc(Cl)cc1. The van der Waals surface area contributed by atoms with Crippen LogP contribution in [-0.4, -0.2) is 4.98 Å². The molecule has 1 unspecified atom stereocenters. The molecule has 1 aromatic carbocycles. The van der Waals surface area contributed by atoms with E-state index in [2.05, 4.69) is 11.1 Å². The lowest BCUT2D eigenvalue weighted by molar-refractivity contribution is 1.03. The smallest absolute Gasteiger partial charge is 0.0963 e. The predicted octanol–water partition coefficient (Wildman–Crippen LogP) is 3.39. The summed E-state index contributed by atoms with van der Waals surface area (Å²) in [5, 5.41) is 9.87. The van der Waals surface area contributed by atoms with Gasteiger partial charge in [0.2, 0.25) is 0 Å². The Bertz CT molecular complexity index is 500. The zero-order valence-corrected chi connectivity index (χ0v) is 9.22. The molecule has 0 radical (unpaired) electrons. The number of nitriles is 1. The summed E-state index contributed by atoms with van der Waals surface area (Å²) in [4.78, 5) is 3.94. The Morgan fingerprint density at radius 3 is 2.12 bits per heavy atom. The van der Waals surface area contributed by atoms with E-state index in [9.17, 15) is 5.26 Å². The Morgan fingerprint density at radius 1 is 1.00 bits per heavy atom. The van der Waals surface area contributed by atoms with Crippen molar-refractivity contribution >= 4 is 11.6 Å². The second-order valence-corrected chi connectivity index (χ2v) is 3.83.